The van der Waals surface area contributed by atoms with E-state index in [4.69, 9.17) is 0 Å². The molecule has 1 aromatic rings. The zero-order valence-electron chi connectivity index (χ0n) is 13.0. The number of hydrogen-bond donors (Lipinski definition) is 1. The lowest BCUT2D eigenvalue weighted by Gasteiger charge is -2.29. The van der Waals surface area contributed by atoms with Gasteiger partial charge < -0.3 is 4.90 Å². The van der Waals surface area contributed by atoms with Crippen molar-refractivity contribution in [2.45, 2.75) is 27.3 Å². The average Bonchev–Trinajstić information content (AvgIpc) is 2.43. The number of carbonyl (C=O) groups is 1. The van der Waals surface area contributed by atoms with Crippen molar-refractivity contribution in [2.75, 3.05) is 19.3 Å². The van der Waals surface area contributed by atoms with Crippen molar-refractivity contribution >= 4 is 15.9 Å². The minimum Gasteiger partial charge on any atom is -0.335 e. The van der Waals surface area contributed by atoms with Crippen LogP contribution >= 0.6 is 0 Å². The number of sulfonamides is 1. The number of carbonyl (C=O) groups excluding carboxylic acids is 1. The van der Waals surface area contributed by atoms with E-state index in [-0.39, 0.29) is 18.2 Å². The summed E-state index contributed by atoms with van der Waals surface area (Å²) >= 11 is 0. The first-order valence-corrected chi connectivity index (χ1v) is 8.41. The summed E-state index contributed by atoms with van der Waals surface area (Å²) in [5.74, 6) is -0.225. The molecule has 0 saturated carbocycles. The van der Waals surface area contributed by atoms with Crippen molar-refractivity contribution in [3.05, 3.63) is 30.1 Å². The number of aromatic nitrogens is 1. The maximum atomic E-state index is 12.5. The van der Waals surface area contributed by atoms with Crippen molar-refractivity contribution in [1.82, 2.24) is 14.6 Å². The third-order valence-electron chi connectivity index (χ3n) is 2.95. The zero-order chi connectivity index (χ0) is 16.1. The van der Waals surface area contributed by atoms with Crippen LogP contribution in [0, 0.1) is 5.41 Å². The van der Waals surface area contributed by atoms with Crippen molar-refractivity contribution in [3.63, 3.8) is 0 Å². The molecular weight excluding hydrogens is 290 g/mol. The monoisotopic (exact) mass is 313 g/mol. The van der Waals surface area contributed by atoms with E-state index in [0.717, 1.165) is 5.69 Å². The lowest BCUT2D eigenvalue weighted by Crippen LogP contribution is -2.42. The molecule has 0 saturated heterocycles. The Morgan fingerprint density at radius 2 is 2.00 bits per heavy atom. The number of rotatable bonds is 6. The Hall–Kier alpha value is -1.47. The van der Waals surface area contributed by atoms with Crippen LogP contribution in [-0.2, 0) is 21.4 Å². The Kier molecular flexibility index (Phi) is 5.86. The molecule has 0 bridgehead atoms. The van der Waals surface area contributed by atoms with Gasteiger partial charge in [-0.15, -0.1) is 0 Å². The number of pyridine rings is 1. The molecule has 0 aromatic carbocycles. The Balaban J connectivity index is 2.88. The largest absolute Gasteiger partial charge is 0.335 e. The highest BCUT2D eigenvalue weighted by atomic mass is 32.2. The van der Waals surface area contributed by atoms with Gasteiger partial charge in [0.05, 0.1) is 18.0 Å². The van der Waals surface area contributed by atoms with E-state index in [0.29, 0.717) is 6.54 Å². The van der Waals surface area contributed by atoms with E-state index in [9.17, 15) is 13.2 Å². The number of nitrogens with one attached hydrogen (secondary N) is 1. The van der Waals surface area contributed by atoms with Gasteiger partial charge in [-0.05, 0) is 19.2 Å². The van der Waals surface area contributed by atoms with Crippen LogP contribution in [0.25, 0.3) is 0 Å². The Morgan fingerprint density at radius 1 is 1.33 bits per heavy atom. The minimum atomic E-state index is -3.35. The fourth-order valence-electron chi connectivity index (χ4n) is 1.75. The standard InChI is InChI=1S/C14H23N3O3S/c1-14(2,3)13(18)17(9-10-21(19,20)15-4)11-12-7-5-6-8-16-12/h5-8,15H,9-11H2,1-4H3. The molecule has 1 N–H and O–H groups in total. The maximum absolute atomic E-state index is 12.5. The molecule has 0 atom stereocenters. The summed E-state index contributed by atoms with van der Waals surface area (Å²) in [6, 6.07) is 5.45. The van der Waals surface area contributed by atoms with Gasteiger partial charge in [-0.2, -0.15) is 0 Å². The summed E-state index contributed by atoms with van der Waals surface area (Å²) < 4.78 is 25.4. The van der Waals surface area contributed by atoms with E-state index >= 15 is 0 Å². The second-order valence-electron chi connectivity index (χ2n) is 5.82. The molecule has 1 aromatic heterocycles. The normalized spacial score (nSPS) is 12.2. The molecule has 1 rings (SSSR count). The smallest absolute Gasteiger partial charge is 0.228 e. The van der Waals surface area contributed by atoms with Gasteiger partial charge in [0.2, 0.25) is 15.9 Å². The second-order valence-corrected chi connectivity index (χ2v) is 7.87. The highest BCUT2D eigenvalue weighted by molar-refractivity contribution is 7.89. The van der Waals surface area contributed by atoms with Crippen molar-refractivity contribution in [1.29, 1.82) is 0 Å². The quantitative estimate of drug-likeness (QED) is 0.850. The van der Waals surface area contributed by atoms with E-state index in [2.05, 4.69) is 9.71 Å². The Morgan fingerprint density at radius 3 is 2.48 bits per heavy atom. The van der Waals surface area contributed by atoms with Crippen LogP contribution in [0.4, 0.5) is 0 Å². The van der Waals surface area contributed by atoms with E-state index in [1.807, 2.05) is 32.9 Å². The van der Waals surface area contributed by atoms with Crippen LogP contribution in [-0.4, -0.2) is 43.6 Å². The van der Waals surface area contributed by atoms with Gasteiger partial charge in [-0.1, -0.05) is 26.8 Å². The molecule has 0 aliphatic rings. The molecular formula is C14H23N3O3S. The molecule has 0 aliphatic carbocycles. The van der Waals surface area contributed by atoms with Crippen LogP contribution in [0.2, 0.25) is 0 Å². The molecule has 0 fully saturated rings. The molecule has 0 spiro atoms. The minimum absolute atomic E-state index is 0.0977. The first-order valence-electron chi connectivity index (χ1n) is 6.76. The lowest BCUT2D eigenvalue weighted by molar-refractivity contribution is -0.139. The molecule has 7 heteroatoms. The average molecular weight is 313 g/mol. The van der Waals surface area contributed by atoms with Crippen LogP contribution in [0.5, 0.6) is 0 Å². The summed E-state index contributed by atoms with van der Waals surface area (Å²) in [7, 11) is -1.99. The van der Waals surface area contributed by atoms with Gasteiger partial charge in [-0.3, -0.25) is 9.78 Å². The first-order chi connectivity index (χ1) is 9.65. The van der Waals surface area contributed by atoms with Crippen LogP contribution in [0.15, 0.2) is 24.4 Å². The topological polar surface area (TPSA) is 79.4 Å². The van der Waals surface area contributed by atoms with E-state index < -0.39 is 15.4 Å². The van der Waals surface area contributed by atoms with Gasteiger partial charge in [-0.25, -0.2) is 13.1 Å². The maximum Gasteiger partial charge on any atom is 0.228 e. The van der Waals surface area contributed by atoms with Crippen LogP contribution < -0.4 is 4.72 Å². The van der Waals surface area contributed by atoms with Gasteiger partial charge in [0, 0.05) is 18.2 Å². The summed E-state index contributed by atoms with van der Waals surface area (Å²) in [6.45, 7) is 5.88. The molecule has 21 heavy (non-hydrogen) atoms. The van der Waals surface area contributed by atoms with Crippen molar-refractivity contribution in [3.8, 4) is 0 Å². The predicted molar refractivity (Wildman–Crippen MR) is 82.0 cm³/mol. The van der Waals surface area contributed by atoms with Crippen molar-refractivity contribution in [2.24, 2.45) is 5.41 Å². The summed E-state index contributed by atoms with van der Waals surface area (Å²) in [5, 5.41) is 0. The number of hydrogen-bond acceptors (Lipinski definition) is 4. The Labute approximate surface area is 126 Å². The summed E-state index contributed by atoms with van der Waals surface area (Å²) in [4.78, 5) is 18.2. The molecule has 1 heterocycles. The van der Waals surface area contributed by atoms with Gasteiger partial charge >= 0.3 is 0 Å². The van der Waals surface area contributed by atoms with E-state index in [1.165, 1.54) is 11.9 Å². The Bertz CT molecular complexity index is 565. The molecule has 0 aliphatic heterocycles. The highest BCUT2D eigenvalue weighted by Crippen LogP contribution is 2.18. The van der Waals surface area contributed by atoms with E-state index in [1.54, 1.807) is 12.3 Å². The molecule has 6 nitrogen and oxygen atoms in total. The SMILES string of the molecule is CNS(=O)(=O)CCN(Cc1ccccn1)C(=O)C(C)(C)C. The van der Waals surface area contributed by atoms with Gasteiger partial charge in [0.15, 0.2) is 0 Å². The number of nitrogens with zero attached hydrogens (tertiary/aromatic N) is 2. The van der Waals surface area contributed by atoms with Gasteiger partial charge in [0.1, 0.15) is 0 Å². The highest BCUT2D eigenvalue weighted by Gasteiger charge is 2.28. The molecule has 1 amide bonds. The molecule has 118 valence electrons. The summed E-state index contributed by atoms with van der Waals surface area (Å²) in [6.07, 6.45) is 1.65. The number of amides is 1. The van der Waals surface area contributed by atoms with Gasteiger partial charge in [0.25, 0.3) is 0 Å². The fraction of sp³-hybridized carbons (Fsp3) is 0.571. The first kappa shape index (κ1) is 17.6. The molecule has 0 radical (unpaired) electrons. The third kappa shape index (κ3) is 5.81. The van der Waals surface area contributed by atoms with Crippen molar-refractivity contribution < 1.29 is 13.2 Å². The zero-order valence-corrected chi connectivity index (χ0v) is 13.8. The second kappa shape index (κ2) is 7.00. The predicted octanol–water partition coefficient (Wildman–Crippen LogP) is 1.01. The lowest BCUT2D eigenvalue weighted by atomic mass is 9.94. The van der Waals surface area contributed by atoms with Crippen LogP contribution in [0.3, 0.4) is 0 Å². The summed E-state index contributed by atoms with van der Waals surface area (Å²) in [5.41, 5.74) is 0.162. The molecule has 0 unspecified atom stereocenters. The third-order valence-corrected chi connectivity index (χ3v) is 4.29. The fourth-order valence-corrected chi connectivity index (χ4v) is 2.41. The van der Waals surface area contributed by atoms with Crippen LogP contribution in [0.1, 0.15) is 26.5 Å².